The molecule has 0 N–H and O–H groups in total. The zero-order valence-electron chi connectivity index (χ0n) is 23.6. The zero-order valence-corrected chi connectivity index (χ0v) is 24.5. The molecule has 0 aliphatic carbocycles. The van der Waals surface area contributed by atoms with E-state index in [0.29, 0.717) is 0 Å². The molecule has 1 fully saturated rings. The molecule has 0 amide bonds. The van der Waals surface area contributed by atoms with Gasteiger partial charge in [0.15, 0.2) is 0 Å². The van der Waals surface area contributed by atoms with Crippen molar-refractivity contribution in [1.82, 2.24) is 4.57 Å². The van der Waals surface area contributed by atoms with Crippen LogP contribution in [0, 0.1) is 0 Å². The summed E-state index contributed by atoms with van der Waals surface area (Å²) in [6.45, 7) is 8.43. The number of nitrogens with zero attached hydrogens (tertiary/aromatic N) is 1. The lowest BCUT2D eigenvalue weighted by atomic mass is 9.78. The van der Waals surface area contributed by atoms with Crippen LogP contribution in [0.2, 0.25) is 0 Å². The van der Waals surface area contributed by atoms with Crippen LogP contribution in [0.15, 0.2) is 109 Å². The minimum Gasteiger partial charge on any atom is -0.399 e. The van der Waals surface area contributed by atoms with E-state index in [-0.39, 0.29) is 11.2 Å². The quantitative estimate of drug-likeness (QED) is 0.205. The number of rotatable bonds is 3. The van der Waals surface area contributed by atoms with Crippen molar-refractivity contribution < 1.29 is 9.31 Å². The van der Waals surface area contributed by atoms with Crippen molar-refractivity contribution in [3.05, 3.63) is 109 Å². The summed E-state index contributed by atoms with van der Waals surface area (Å²) in [6.07, 6.45) is 0. The molecule has 5 heteroatoms. The molecular formula is C36H30BNO2S. The van der Waals surface area contributed by atoms with Gasteiger partial charge in [0.2, 0.25) is 0 Å². The average molecular weight is 552 g/mol. The Bertz CT molecular complexity index is 2070. The highest BCUT2D eigenvalue weighted by atomic mass is 32.1. The third kappa shape index (κ3) is 3.66. The number of hydrogen-bond donors (Lipinski definition) is 0. The molecule has 0 unspecified atom stereocenters. The first-order valence-corrected chi connectivity index (χ1v) is 15.0. The van der Waals surface area contributed by atoms with Crippen molar-refractivity contribution in [1.29, 1.82) is 0 Å². The molecule has 3 nitrogen and oxygen atoms in total. The van der Waals surface area contributed by atoms with Crippen LogP contribution >= 0.6 is 11.3 Å². The van der Waals surface area contributed by atoms with Gasteiger partial charge in [-0.25, -0.2) is 0 Å². The summed E-state index contributed by atoms with van der Waals surface area (Å²) in [4.78, 5) is 0. The van der Waals surface area contributed by atoms with Crippen LogP contribution in [0.25, 0.3) is 58.8 Å². The number of hydrogen-bond acceptors (Lipinski definition) is 3. The first-order valence-electron chi connectivity index (χ1n) is 14.2. The largest absolute Gasteiger partial charge is 0.494 e. The predicted octanol–water partition coefficient (Wildman–Crippen LogP) is 9.12. The molecule has 2 aromatic heterocycles. The second-order valence-corrected chi connectivity index (χ2v) is 13.1. The van der Waals surface area contributed by atoms with Crippen molar-refractivity contribution >= 4 is 65.9 Å². The maximum Gasteiger partial charge on any atom is 0.494 e. The second kappa shape index (κ2) is 8.80. The Balaban J connectivity index is 1.37. The lowest BCUT2D eigenvalue weighted by Gasteiger charge is -2.32. The monoisotopic (exact) mass is 551 g/mol. The van der Waals surface area contributed by atoms with Crippen molar-refractivity contribution in [2.75, 3.05) is 0 Å². The van der Waals surface area contributed by atoms with Crippen molar-refractivity contribution in [3.63, 3.8) is 0 Å². The van der Waals surface area contributed by atoms with Crippen molar-refractivity contribution in [2.24, 2.45) is 0 Å². The molecular weight excluding hydrogens is 521 g/mol. The Morgan fingerprint density at radius 1 is 0.585 bits per heavy atom. The fourth-order valence-electron chi connectivity index (χ4n) is 6.27. The summed E-state index contributed by atoms with van der Waals surface area (Å²) < 4.78 is 17.8. The number of aromatic nitrogens is 1. The Labute approximate surface area is 244 Å². The molecule has 3 heterocycles. The van der Waals surface area contributed by atoms with Crippen LogP contribution in [0.5, 0.6) is 0 Å². The fourth-order valence-corrected chi connectivity index (χ4v) is 7.39. The van der Waals surface area contributed by atoms with Crippen LogP contribution in [-0.4, -0.2) is 22.9 Å². The highest BCUT2D eigenvalue weighted by Gasteiger charge is 2.51. The molecule has 1 aliphatic rings. The van der Waals surface area contributed by atoms with Gasteiger partial charge in [-0.1, -0.05) is 78.9 Å². The predicted molar refractivity (Wildman–Crippen MR) is 175 cm³/mol. The van der Waals surface area contributed by atoms with Gasteiger partial charge in [-0.2, -0.15) is 0 Å². The first kappa shape index (κ1) is 24.9. The van der Waals surface area contributed by atoms with E-state index in [1.54, 1.807) is 0 Å². The summed E-state index contributed by atoms with van der Waals surface area (Å²) in [5.74, 6) is 0. The molecule has 200 valence electrons. The van der Waals surface area contributed by atoms with E-state index in [1.165, 1.54) is 58.8 Å². The summed E-state index contributed by atoms with van der Waals surface area (Å²) in [7, 11) is -0.392. The van der Waals surface area contributed by atoms with Crippen molar-refractivity contribution in [3.8, 4) is 16.8 Å². The Hall–Kier alpha value is -3.90. The van der Waals surface area contributed by atoms with Gasteiger partial charge in [0.1, 0.15) is 0 Å². The molecule has 0 atom stereocenters. The topological polar surface area (TPSA) is 23.4 Å². The van der Waals surface area contributed by atoms with Gasteiger partial charge in [0.25, 0.3) is 0 Å². The van der Waals surface area contributed by atoms with Crippen molar-refractivity contribution in [2.45, 2.75) is 38.9 Å². The number of para-hydroxylation sites is 3. The molecule has 7 aromatic rings. The van der Waals surface area contributed by atoms with E-state index >= 15 is 0 Å². The minimum absolute atomic E-state index is 0.379. The van der Waals surface area contributed by atoms with E-state index in [2.05, 4.69) is 141 Å². The summed E-state index contributed by atoms with van der Waals surface area (Å²) >= 11 is 1.84. The first-order chi connectivity index (χ1) is 19.8. The van der Waals surface area contributed by atoms with Gasteiger partial charge in [-0.3, -0.25) is 0 Å². The van der Waals surface area contributed by atoms with Crippen LogP contribution < -0.4 is 5.46 Å². The summed E-state index contributed by atoms with van der Waals surface area (Å²) in [5.41, 5.74) is 6.35. The highest BCUT2D eigenvalue weighted by Crippen LogP contribution is 2.43. The van der Waals surface area contributed by atoms with Gasteiger partial charge >= 0.3 is 7.12 Å². The zero-order chi connectivity index (χ0) is 27.9. The maximum absolute atomic E-state index is 6.43. The third-order valence-corrected chi connectivity index (χ3v) is 10.2. The molecule has 0 spiro atoms. The lowest BCUT2D eigenvalue weighted by Crippen LogP contribution is -2.41. The normalized spacial score (nSPS) is 16.4. The van der Waals surface area contributed by atoms with E-state index in [4.69, 9.17) is 9.31 Å². The number of fused-ring (bicyclic) bond motifs is 6. The average Bonchev–Trinajstić information content (AvgIpc) is 3.59. The van der Waals surface area contributed by atoms with Gasteiger partial charge in [-0.15, -0.1) is 11.3 Å². The maximum atomic E-state index is 6.43. The Morgan fingerprint density at radius 3 is 1.90 bits per heavy atom. The van der Waals surface area contributed by atoms with Gasteiger partial charge in [0, 0.05) is 36.5 Å². The smallest absolute Gasteiger partial charge is 0.399 e. The van der Waals surface area contributed by atoms with Crippen LogP contribution in [0.3, 0.4) is 0 Å². The van der Waals surface area contributed by atoms with E-state index in [9.17, 15) is 0 Å². The summed E-state index contributed by atoms with van der Waals surface area (Å²) in [6, 6.07) is 39.6. The van der Waals surface area contributed by atoms with Crippen LogP contribution in [0.1, 0.15) is 27.7 Å². The third-order valence-electron chi connectivity index (χ3n) is 9.06. The molecule has 1 saturated heterocycles. The minimum atomic E-state index is -0.392. The number of thiophene rings is 1. The SMILES string of the molecule is CC1(C)OB(c2ccc3sc4cccc(-c5ccccc5-n5c6ccccc6c6ccccc65)c4c3c2)OC1(C)C. The number of benzene rings is 5. The molecule has 0 saturated carbocycles. The van der Waals surface area contributed by atoms with Crippen LogP contribution in [0.4, 0.5) is 0 Å². The van der Waals surface area contributed by atoms with Crippen LogP contribution in [-0.2, 0) is 9.31 Å². The molecule has 1 aliphatic heterocycles. The van der Waals surface area contributed by atoms with E-state index in [0.717, 1.165) is 5.46 Å². The second-order valence-electron chi connectivity index (χ2n) is 12.0. The van der Waals surface area contributed by atoms with Gasteiger partial charge < -0.3 is 13.9 Å². The highest BCUT2D eigenvalue weighted by molar-refractivity contribution is 7.26. The Kier molecular flexibility index (Phi) is 5.34. The van der Waals surface area contributed by atoms with Gasteiger partial charge in [0.05, 0.1) is 27.9 Å². The fraction of sp³-hybridized carbons (Fsp3) is 0.167. The molecule has 8 rings (SSSR count). The van der Waals surface area contributed by atoms with Gasteiger partial charge in [-0.05, 0) is 69.1 Å². The Morgan fingerprint density at radius 2 is 1.20 bits per heavy atom. The van der Waals surface area contributed by atoms with E-state index in [1.807, 2.05) is 11.3 Å². The molecule has 41 heavy (non-hydrogen) atoms. The molecule has 0 bridgehead atoms. The standard InChI is InChI=1S/C36H30BNO2S/c1-35(2)36(3,4)40-37(39-35)23-20-21-32-28(22-23)34-27(15-11-19-33(34)41-32)26-14-7-10-18-31(26)38-29-16-8-5-12-24(29)25-13-6-9-17-30(25)38/h5-22H,1-4H3. The summed E-state index contributed by atoms with van der Waals surface area (Å²) in [5, 5.41) is 5.05. The lowest BCUT2D eigenvalue weighted by molar-refractivity contribution is 0.00578. The van der Waals surface area contributed by atoms with E-state index < -0.39 is 7.12 Å². The molecule has 0 radical (unpaired) electrons. The molecule has 5 aromatic carbocycles.